The van der Waals surface area contributed by atoms with E-state index in [9.17, 15) is 17.6 Å². The van der Waals surface area contributed by atoms with Gasteiger partial charge in [0.05, 0.1) is 11.6 Å². The summed E-state index contributed by atoms with van der Waals surface area (Å²) in [5.41, 5.74) is 1.29. The molecule has 3 aromatic rings. The number of hydrogen-bond acceptors (Lipinski definition) is 7. The summed E-state index contributed by atoms with van der Waals surface area (Å²) in [5, 5.41) is 12.1. The van der Waals surface area contributed by atoms with Crippen LogP contribution in [0.25, 0.3) is 11.4 Å². The number of tetrazole rings is 1. The van der Waals surface area contributed by atoms with Crippen molar-refractivity contribution in [3.63, 3.8) is 0 Å². The zero-order chi connectivity index (χ0) is 19.4. The van der Waals surface area contributed by atoms with Crippen LogP contribution in [0.15, 0.2) is 46.8 Å². The van der Waals surface area contributed by atoms with Crippen LogP contribution < -0.4 is 4.74 Å². The lowest BCUT2D eigenvalue weighted by molar-refractivity contribution is 0.212. The monoisotopic (exact) mass is 409 g/mol. The molecule has 27 heavy (non-hydrogen) atoms. The lowest BCUT2D eigenvalue weighted by Crippen LogP contribution is -2.04. The van der Waals surface area contributed by atoms with Gasteiger partial charge in [0.1, 0.15) is 5.82 Å². The summed E-state index contributed by atoms with van der Waals surface area (Å²) in [6, 6.07) is 10.2. The average Bonchev–Trinajstić information content (AvgIpc) is 3.06. The molecule has 12 heteroatoms. The van der Waals surface area contributed by atoms with Gasteiger partial charge in [0.2, 0.25) is 5.82 Å². The molecule has 0 N–H and O–H groups in total. The third-order valence-corrected chi connectivity index (χ3v) is 3.82. The Hall–Kier alpha value is -3.18. The molecule has 138 valence electrons. The number of carbonyl (C=O) groups is 1. The number of ether oxygens (including phenoxy) is 1. The van der Waals surface area contributed by atoms with Crippen molar-refractivity contribution in [2.45, 2.75) is 6.54 Å². The van der Waals surface area contributed by atoms with Crippen molar-refractivity contribution in [2.24, 2.45) is 4.36 Å². The normalized spacial score (nSPS) is 10.4. The van der Waals surface area contributed by atoms with Crippen LogP contribution in [-0.2, 0) is 17.0 Å². The van der Waals surface area contributed by atoms with Gasteiger partial charge in [-0.3, -0.25) is 0 Å². The van der Waals surface area contributed by atoms with Crippen molar-refractivity contribution in [2.75, 3.05) is 0 Å². The summed E-state index contributed by atoms with van der Waals surface area (Å²) in [5.74, 6) is -0.142. The second-order valence-corrected chi connectivity index (χ2v) is 6.12. The molecule has 0 radical (unpaired) electrons. The highest BCUT2D eigenvalue weighted by Gasteiger charge is 2.12. The van der Waals surface area contributed by atoms with E-state index in [4.69, 9.17) is 16.3 Å². The first-order chi connectivity index (χ1) is 12.9. The van der Waals surface area contributed by atoms with E-state index in [2.05, 4.69) is 19.8 Å². The molecule has 0 spiro atoms. The molecule has 1 aromatic heterocycles. The van der Waals surface area contributed by atoms with Crippen LogP contribution in [0.1, 0.15) is 5.56 Å². The summed E-state index contributed by atoms with van der Waals surface area (Å²) in [7, 11) is -2.92. The number of nitrogens with zero attached hydrogens (tertiary/aromatic N) is 5. The standard InChI is InChI=1S/C15H9ClFN5O4S/c16-12-7-10(3-6-13(12)26-15(23)20-27(24)25)14-18-21-22(19-14)8-9-1-4-11(17)5-2-9/h1-7H,8H2. The van der Waals surface area contributed by atoms with Crippen LogP contribution in [-0.4, -0.2) is 34.7 Å². The number of aromatic nitrogens is 4. The SMILES string of the molecule is O=C(N=S(=O)=O)Oc1ccc(-c2nnn(Cc3ccc(F)cc3)n2)cc1Cl. The van der Waals surface area contributed by atoms with E-state index in [1.165, 1.54) is 35.1 Å². The molecule has 0 aliphatic heterocycles. The van der Waals surface area contributed by atoms with E-state index in [1.54, 1.807) is 12.1 Å². The van der Waals surface area contributed by atoms with Gasteiger partial charge in [0.15, 0.2) is 5.75 Å². The molecule has 0 bridgehead atoms. The predicted molar refractivity (Wildman–Crippen MR) is 91.1 cm³/mol. The second kappa shape index (κ2) is 8.01. The fraction of sp³-hybridized carbons (Fsp3) is 0.0667. The topological polar surface area (TPSA) is 116 Å². The Morgan fingerprint density at radius 2 is 1.96 bits per heavy atom. The average molecular weight is 410 g/mol. The molecule has 0 aliphatic rings. The molecule has 0 saturated heterocycles. The van der Waals surface area contributed by atoms with E-state index in [-0.39, 0.29) is 22.4 Å². The first-order valence-electron chi connectivity index (χ1n) is 7.26. The Bertz CT molecular complexity index is 1120. The van der Waals surface area contributed by atoms with Crippen LogP contribution in [0.4, 0.5) is 9.18 Å². The number of amides is 1. The summed E-state index contributed by atoms with van der Waals surface area (Å²) in [6.45, 7) is 0.296. The third kappa shape index (κ3) is 4.92. The molecule has 1 amide bonds. The minimum Gasteiger partial charge on any atom is -0.406 e. The van der Waals surface area contributed by atoms with E-state index in [0.29, 0.717) is 12.1 Å². The molecule has 3 rings (SSSR count). The van der Waals surface area contributed by atoms with E-state index in [1.807, 2.05) is 0 Å². The molecule has 1 heterocycles. The molecule has 0 unspecified atom stereocenters. The van der Waals surface area contributed by atoms with Crippen molar-refractivity contribution >= 4 is 28.2 Å². The summed E-state index contributed by atoms with van der Waals surface area (Å²) < 4.78 is 41.0. The Morgan fingerprint density at radius 1 is 1.22 bits per heavy atom. The fourth-order valence-corrected chi connectivity index (χ4v) is 2.45. The molecular formula is C15H9ClFN5O4S. The van der Waals surface area contributed by atoms with Gasteiger partial charge >= 0.3 is 16.6 Å². The van der Waals surface area contributed by atoms with Gasteiger partial charge in [0, 0.05) is 5.56 Å². The van der Waals surface area contributed by atoms with Crippen LogP contribution in [0.5, 0.6) is 5.75 Å². The molecule has 0 saturated carbocycles. The van der Waals surface area contributed by atoms with Gasteiger partial charge in [-0.25, -0.2) is 9.18 Å². The zero-order valence-corrected chi connectivity index (χ0v) is 14.9. The Kier molecular flexibility index (Phi) is 5.52. The van der Waals surface area contributed by atoms with Gasteiger partial charge < -0.3 is 4.74 Å². The second-order valence-electron chi connectivity index (χ2n) is 5.09. The van der Waals surface area contributed by atoms with Crippen LogP contribution in [0, 0.1) is 5.82 Å². The minimum atomic E-state index is -2.92. The van der Waals surface area contributed by atoms with Gasteiger partial charge in [-0.1, -0.05) is 28.1 Å². The van der Waals surface area contributed by atoms with E-state index >= 15 is 0 Å². The van der Waals surface area contributed by atoms with Crippen LogP contribution in [0.3, 0.4) is 0 Å². The maximum atomic E-state index is 12.9. The van der Waals surface area contributed by atoms with E-state index in [0.717, 1.165) is 5.56 Å². The highest BCUT2D eigenvalue weighted by molar-refractivity contribution is 7.62. The maximum absolute atomic E-state index is 12.9. The molecule has 9 nitrogen and oxygen atoms in total. The summed E-state index contributed by atoms with van der Waals surface area (Å²) in [4.78, 5) is 12.6. The van der Waals surface area contributed by atoms with Crippen molar-refractivity contribution in [1.82, 2.24) is 20.2 Å². The maximum Gasteiger partial charge on any atom is 0.454 e. The number of halogens is 2. The minimum absolute atomic E-state index is 0.0302. The van der Waals surface area contributed by atoms with Gasteiger partial charge in [0.25, 0.3) is 0 Å². The van der Waals surface area contributed by atoms with Crippen molar-refractivity contribution in [3.8, 4) is 17.1 Å². The molecular weight excluding hydrogens is 401 g/mol. The van der Waals surface area contributed by atoms with Crippen LogP contribution >= 0.6 is 11.6 Å². The smallest absolute Gasteiger partial charge is 0.406 e. The molecule has 0 fully saturated rings. The highest BCUT2D eigenvalue weighted by atomic mass is 35.5. The van der Waals surface area contributed by atoms with Crippen LogP contribution in [0.2, 0.25) is 5.02 Å². The van der Waals surface area contributed by atoms with Crippen molar-refractivity contribution in [1.29, 1.82) is 0 Å². The Labute approximate surface area is 158 Å². The number of rotatable bonds is 4. The zero-order valence-electron chi connectivity index (χ0n) is 13.3. The quantitative estimate of drug-likeness (QED) is 0.650. The highest BCUT2D eigenvalue weighted by Crippen LogP contribution is 2.29. The fourth-order valence-electron chi connectivity index (χ4n) is 2.08. The van der Waals surface area contributed by atoms with Gasteiger partial charge in [-0.05, 0) is 41.1 Å². The Balaban J connectivity index is 1.76. The number of carbonyl (C=O) groups excluding carboxylic acids is 1. The lowest BCUT2D eigenvalue weighted by atomic mass is 10.2. The van der Waals surface area contributed by atoms with E-state index < -0.39 is 16.6 Å². The third-order valence-electron chi connectivity index (χ3n) is 3.23. The van der Waals surface area contributed by atoms with Crippen molar-refractivity contribution < 1.29 is 22.3 Å². The molecule has 0 aliphatic carbocycles. The lowest BCUT2D eigenvalue weighted by Gasteiger charge is -2.03. The summed E-state index contributed by atoms with van der Waals surface area (Å²) >= 11 is 6.02. The first-order valence-corrected chi connectivity index (χ1v) is 8.67. The first kappa shape index (κ1) is 18.6. The molecule has 0 atom stereocenters. The Morgan fingerprint density at radius 3 is 2.63 bits per heavy atom. The van der Waals surface area contributed by atoms with Gasteiger partial charge in [-0.2, -0.15) is 13.2 Å². The summed E-state index contributed by atoms with van der Waals surface area (Å²) in [6.07, 6.45) is -1.32. The number of hydrogen-bond donors (Lipinski definition) is 0. The largest absolute Gasteiger partial charge is 0.454 e. The van der Waals surface area contributed by atoms with Crippen molar-refractivity contribution in [3.05, 3.63) is 58.9 Å². The predicted octanol–water partition coefficient (Wildman–Crippen LogP) is 2.74. The molecule has 2 aromatic carbocycles. The van der Waals surface area contributed by atoms with Gasteiger partial charge in [-0.15, -0.1) is 10.2 Å². The number of benzene rings is 2.